The van der Waals surface area contributed by atoms with Gasteiger partial charge in [-0.2, -0.15) is 10.2 Å². The molecule has 0 saturated heterocycles. The lowest BCUT2D eigenvalue weighted by Crippen LogP contribution is -2.22. The molecule has 2 heterocycles. The molecular weight excluding hydrogens is 252 g/mol. The van der Waals surface area contributed by atoms with Crippen molar-refractivity contribution in [3.05, 3.63) is 23.7 Å². The fourth-order valence-corrected chi connectivity index (χ4v) is 2.00. The van der Waals surface area contributed by atoms with Crippen LogP contribution in [0.25, 0.3) is 11.3 Å². The van der Waals surface area contributed by atoms with Gasteiger partial charge in [0.05, 0.1) is 16.8 Å². The van der Waals surface area contributed by atoms with Crippen molar-refractivity contribution < 1.29 is 4.79 Å². The van der Waals surface area contributed by atoms with E-state index in [-0.39, 0.29) is 11.6 Å². The number of hydrogen-bond donors (Lipinski definition) is 0. The van der Waals surface area contributed by atoms with Crippen LogP contribution in [0.1, 0.15) is 56.7 Å². The Kier molecular flexibility index (Phi) is 3.54. The summed E-state index contributed by atoms with van der Waals surface area (Å²) in [6.07, 6.45) is 4.62. The molecule has 108 valence electrons. The van der Waals surface area contributed by atoms with E-state index in [1.165, 1.54) is 0 Å². The Morgan fingerprint density at radius 2 is 1.85 bits per heavy atom. The monoisotopic (exact) mass is 274 g/mol. The lowest BCUT2D eigenvalue weighted by Gasteiger charge is -2.18. The van der Waals surface area contributed by atoms with Crippen molar-refractivity contribution in [2.75, 3.05) is 0 Å². The Balaban J connectivity index is 2.56. The van der Waals surface area contributed by atoms with Crippen molar-refractivity contribution in [3.63, 3.8) is 0 Å². The highest BCUT2D eigenvalue weighted by molar-refractivity contribution is 5.85. The minimum atomic E-state index is -0.0923. The third-order valence-corrected chi connectivity index (χ3v) is 3.26. The van der Waals surface area contributed by atoms with Gasteiger partial charge in [0, 0.05) is 24.0 Å². The molecule has 5 nitrogen and oxygen atoms in total. The first-order chi connectivity index (χ1) is 9.24. The summed E-state index contributed by atoms with van der Waals surface area (Å²) in [5.74, 6) is 0. The lowest BCUT2D eigenvalue weighted by molar-refractivity contribution is 0.112. The molecule has 2 aromatic rings. The van der Waals surface area contributed by atoms with Crippen LogP contribution in [0.4, 0.5) is 0 Å². The van der Waals surface area contributed by atoms with Crippen molar-refractivity contribution in [1.29, 1.82) is 0 Å². The van der Waals surface area contributed by atoms with Crippen LogP contribution in [-0.2, 0) is 5.54 Å². The predicted molar refractivity (Wildman–Crippen MR) is 79.0 cm³/mol. The van der Waals surface area contributed by atoms with Crippen LogP contribution in [0, 0.1) is 6.92 Å². The van der Waals surface area contributed by atoms with E-state index in [9.17, 15) is 4.79 Å². The average Bonchev–Trinajstić information content (AvgIpc) is 2.90. The first-order valence-corrected chi connectivity index (χ1v) is 6.85. The summed E-state index contributed by atoms with van der Waals surface area (Å²) in [5, 5.41) is 9.08. The molecule has 0 aliphatic rings. The second-order valence-electron chi connectivity index (χ2n) is 6.37. The summed E-state index contributed by atoms with van der Waals surface area (Å²) in [5.41, 5.74) is 3.03. The van der Waals surface area contributed by atoms with Crippen molar-refractivity contribution in [2.24, 2.45) is 0 Å². The maximum atomic E-state index is 11.3. The van der Waals surface area contributed by atoms with Crippen molar-refractivity contribution in [1.82, 2.24) is 19.6 Å². The standard InChI is InChI=1S/C15H22N4O/c1-10(2)18-7-12(9-20)14(17-18)13-8-19(15(4,5)6)16-11(13)3/h7-10H,1-6H3. The zero-order valence-electron chi connectivity index (χ0n) is 13.0. The number of hydrogen-bond acceptors (Lipinski definition) is 3. The molecule has 0 fully saturated rings. The first-order valence-electron chi connectivity index (χ1n) is 6.85. The van der Waals surface area contributed by atoms with Gasteiger partial charge in [-0.3, -0.25) is 14.2 Å². The number of carbonyl (C=O) groups excluding carboxylic acids is 1. The number of aldehydes is 1. The summed E-state index contributed by atoms with van der Waals surface area (Å²) < 4.78 is 3.73. The van der Waals surface area contributed by atoms with E-state index in [4.69, 9.17) is 0 Å². The molecule has 0 saturated carbocycles. The smallest absolute Gasteiger partial charge is 0.153 e. The van der Waals surface area contributed by atoms with E-state index in [1.54, 1.807) is 6.20 Å². The van der Waals surface area contributed by atoms with Crippen molar-refractivity contribution in [2.45, 2.75) is 53.1 Å². The van der Waals surface area contributed by atoms with Crippen molar-refractivity contribution in [3.8, 4) is 11.3 Å². The molecule has 20 heavy (non-hydrogen) atoms. The average molecular weight is 274 g/mol. The van der Waals surface area contributed by atoms with Crippen molar-refractivity contribution >= 4 is 6.29 Å². The van der Waals surface area contributed by atoms with Gasteiger partial charge in [-0.25, -0.2) is 0 Å². The maximum Gasteiger partial charge on any atom is 0.153 e. The fraction of sp³-hybridized carbons (Fsp3) is 0.533. The van der Waals surface area contributed by atoms with Crippen LogP contribution in [0.2, 0.25) is 0 Å². The van der Waals surface area contributed by atoms with E-state index >= 15 is 0 Å². The van der Waals surface area contributed by atoms with Gasteiger partial charge in [-0.05, 0) is 41.5 Å². The molecule has 2 aromatic heterocycles. The number of rotatable bonds is 3. The zero-order valence-corrected chi connectivity index (χ0v) is 13.0. The SMILES string of the molecule is Cc1nn(C(C)(C)C)cc1-c1nn(C(C)C)cc1C=O. The van der Waals surface area contributed by atoms with Crippen LogP contribution >= 0.6 is 0 Å². The van der Waals surface area contributed by atoms with Crippen LogP contribution in [0.3, 0.4) is 0 Å². The van der Waals surface area contributed by atoms with E-state index < -0.39 is 0 Å². The maximum absolute atomic E-state index is 11.3. The molecular formula is C15H22N4O. The Hall–Kier alpha value is -1.91. The number of carbonyl (C=O) groups is 1. The van der Waals surface area contributed by atoms with Crippen LogP contribution < -0.4 is 0 Å². The van der Waals surface area contributed by atoms with Gasteiger partial charge in [-0.1, -0.05) is 0 Å². The molecule has 0 bridgehead atoms. The lowest BCUT2D eigenvalue weighted by atomic mass is 10.1. The molecule has 0 amide bonds. The summed E-state index contributed by atoms with van der Waals surface area (Å²) in [4.78, 5) is 11.3. The highest BCUT2D eigenvalue weighted by atomic mass is 16.1. The topological polar surface area (TPSA) is 52.7 Å². The molecule has 2 rings (SSSR count). The van der Waals surface area contributed by atoms with Crippen LogP contribution in [0.5, 0.6) is 0 Å². The molecule has 0 spiro atoms. The highest BCUT2D eigenvalue weighted by Crippen LogP contribution is 2.27. The van der Waals surface area contributed by atoms with E-state index in [0.29, 0.717) is 11.3 Å². The van der Waals surface area contributed by atoms with E-state index in [1.807, 2.05) is 36.3 Å². The second kappa shape index (κ2) is 4.89. The Morgan fingerprint density at radius 1 is 1.20 bits per heavy atom. The summed E-state index contributed by atoms with van der Waals surface area (Å²) in [7, 11) is 0. The minimum absolute atomic E-state index is 0.0923. The minimum Gasteiger partial charge on any atom is -0.298 e. The van der Waals surface area contributed by atoms with Gasteiger partial charge in [0.25, 0.3) is 0 Å². The third-order valence-electron chi connectivity index (χ3n) is 3.26. The molecule has 0 N–H and O–H groups in total. The second-order valence-corrected chi connectivity index (χ2v) is 6.37. The highest BCUT2D eigenvalue weighted by Gasteiger charge is 2.20. The number of aromatic nitrogens is 4. The van der Waals surface area contributed by atoms with Gasteiger partial charge >= 0.3 is 0 Å². The first kappa shape index (κ1) is 14.5. The summed E-state index contributed by atoms with van der Waals surface area (Å²) >= 11 is 0. The Labute approximate surface area is 119 Å². The van der Waals surface area contributed by atoms with Gasteiger partial charge in [0.2, 0.25) is 0 Å². The molecule has 5 heteroatoms. The zero-order chi connectivity index (χ0) is 15.1. The summed E-state index contributed by atoms with van der Waals surface area (Å²) in [6.45, 7) is 12.3. The molecule has 0 unspecified atom stereocenters. The predicted octanol–water partition coefficient (Wildman–Crippen LogP) is 3.20. The van der Waals surface area contributed by atoms with Gasteiger partial charge in [-0.15, -0.1) is 0 Å². The van der Waals surface area contributed by atoms with Gasteiger partial charge in [0.1, 0.15) is 5.69 Å². The van der Waals surface area contributed by atoms with Gasteiger partial charge in [0.15, 0.2) is 6.29 Å². The van der Waals surface area contributed by atoms with E-state index in [0.717, 1.165) is 17.5 Å². The molecule has 0 aliphatic heterocycles. The molecule has 0 aromatic carbocycles. The van der Waals surface area contributed by atoms with E-state index in [2.05, 4.69) is 31.0 Å². The quantitative estimate of drug-likeness (QED) is 0.808. The Bertz CT molecular complexity index is 629. The Morgan fingerprint density at radius 3 is 2.30 bits per heavy atom. The molecule has 0 atom stereocenters. The third kappa shape index (κ3) is 2.53. The largest absolute Gasteiger partial charge is 0.298 e. The summed E-state index contributed by atoms with van der Waals surface area (Å²) in [6, 6.07) is 0.223. The number of nitrogens with zero attached hydrogens (tertiary/aromatic N) is 4. The fourth-order valence-electron chi connectivity index (χ4n) is 2.00. The molecule has 0 aliphatic carbocycles. The van der Waals surface area contributed by atoms with Crippen LogP contribution in [0.15, 0.2) is 12.4 Å². The van der Waals surface area contributed by atoms with Gasteiger partial charge < -0.3 is 0 Å². The number of aryl methyl sites for hydroxylation is 1. The van der Waals surface area contributed by atoms with Crippen LogP contribution in [-0.4, -0.2) is 25.8 Å². The normalized spacial score (nSPS) is 12.2. The molecule has 0 radical (unpaired) electrons.